The Morgan fingerprint density at radius 2 is 0.852 bits per heavy atom. The number of isocyanates is 1. The largest absolute Gasteiger partial charge is 0.418 e. The lowest BCUT2D eigenvalue weighted by molar-refractivity contribution is 0.188. The summed E-state index contributed by atoms with van der Waals surface area (Å²) in [6.07, 6.45) is 5.33. The van der Waals surface area contributed by atoms with Gasteiger partial charge in [0.2, 0.25) is 6.08 Å². The van der Waals surface area contributed by atoms with Gasteiger partial charge in [0.05, 0.1) is 6.54 Å². The third-order valence-corrected chi connectivity index (χ3v) is 18.5. The molecule has 12 nitrogen and oxygen atoms in total. The maximum absolute atomic E-state index is 11.7. The molecule has 0 aromatic rings. The van der Waals surface area contributed by atoms with Crippen LogP contribution in [0.25, 0.3) is 0 Å². The van der Waals surface area contributed by atoms with Crippen molar-refractivity contribution in [2.45, 2.75) is 175 Å². The summed E-state index contributed by atoms with van der Waals surface area (Å²) in [7, 11) is -6.87. The van der Waals surface area contributed by atoms with Crippen molar-refractivity contribution in [1.29, 1.82) is 0 Å². The zero-order valence-corrected chi connectivity index (χ0v) is 37.0. The molecule has 4 N–H and O–H groups in total. The van der Waals surface area contributed by atoms with Crippen LogP contribution in [0.4, 0.5) is 4.79 Å². The minimum Gasteiger partial charge on any atom is -0.418 e. The average molecular weight is 854 g/mol. The Morgan fingerprint density at radius 3 is 1.13 bits per heavy atom. The van der Waals surface area contributed by atoms with E-state index in [1.807, 2.05) is 48.1 Å². The van der Waals surface area contributed by atoms with Crippen molar-refractivity contribution in [3.05, 3.63) is 0 Å². The number of aliphatic imine (C=N–C) groups is 1. The summed E-state index contributed by atoms with van der Waals surface area (Å²) in [4.78, 5) is 25.0. The molecule has 0 saturated carbocycles. The summed E-state index contributed by atoms with van der Waals surface area (Å²) in [5.74, 6) is 0. The van der Waals surface area contributed by atoms with Gasteiger partial charge >= 0.3 is 23.2 Å². The van der Waals surface area contributed by atoms with E-state index < -0.39 is 33.8 Å². The number of nitrogens with one attached hydrogen (secondary N) is 2. The SMILES string of the molecule is C.C.C.C.C.C.CCO[Si](C)(C)CCCNC(=O)NCCC[Si](C)(C)OCC.CCO[Si](C)(CCCN)OCC.CCO[Si](C)(CCCN=C=O)OCC. The second-order valence-electron chi connectivity index (χ2n) is 12.7. The summed E-state index contributed by atoms with van der Waals surface area (Å²) >= 11 is 0. The number of nitrogens with two attached hydrogens (primary N) is 1. The fourth-order valence-corrected chi connectivity index (χ4v) is 13.7. The first-order valence-electron chi connectivity index (χ1n) is 18.2. The number of urea groups is 1. The lowest BCUT2D eigenvalue weighted by atomic mass is 10.4. The minimum absolute atomic E-state index is 0. The first-order valence-corrected chi connectivity index (χ1v) is 29.5. The van der Waals surface area contributed by atoms with E-state index in [0.717, 1.165) is 82.8 Å². The zero-order chi connectivity index (χ0) is 37.4. The van der Waals surface area contributed by atoms with Crippen LogP contribution in [0, 0.1) is 0 Å². The van der Waals surface area contributed by atoms with Crippen LogP contribution < -0.4 is 16.4 Å². The van der Waals surface area contributed by atoms with E-state index in [1.165, 1.54) is 6.08 Å². The Bertz CT molecular complexity index is 773. The predicted molar refractivity (Wildman–Crippen MR) is 249 cm³/mol. The second kappa shape index (κ2) is 46.6. The molecule has 54 heavy (non-hydrogen) atoms. The van der Waals surface area contributed by atoms with Crippen LogP contribution in [0.5, 0.6) is 0 Å². The van der Waals surface area contributed by atoms with Gasteiger partial charge in [-0.3, -0.25) is 0 Å². The molecule has 0 aliphatic carbocycles. The number of rotatable bonds is 27. The normalized spacial score (nSPS) is 10.5. The van der Waals surface area contributed by atoms with Gasteiger partial charge in [-0.2, -0.15) is 0 Å². The zero-order valence-electron chi connectivity index (χ0n) is 33.0. The molecule has 0 saturated heterocycles. The number of carbonyl (C=O) groups is 1. The van der Waals surface area contributed by atoms with Gasteiger partial charge in [-0.25, -0.2) is 14.6 Å². The van der Waals surface area contributed by atoms with E-state index >= 15 is 0 Å². The lowest BCUT2D eigenvalue weighted by Crippen LogP contribution is -2.39. The number of amides is 2. The fraction of sp³-hybridized carbons (Fsp3) is 0.947. The van der Waals surface area contributed by atoms with Gasteiger partial charge < -0.3 is 42.9 Å². The molecule has 336 valence electrons. The van der Waals surface area contributed by atoms with E-state index in [4.69, 9.17) is 32.3 Å². The highest BCUT2D eigenvalue weighted by Crippen LogP contribution is 2.17. The predicted octanol–water partition coefficient (Wildman–Crippen LogP) is 10.7. The standard InChI is InChI=1S/C15H36N2O3Si2.C9H19NO3Si.C8H21NO2Si.6CH4/c1-7-19-21(3,4)13-9-11-16-15(18)17-12-10-14-22(5,6)20-8-2;1-4-12-14(3,13-5-2)8-6-7-10-9-11;1-4-10-12(3,11-5-2)8-6-7-9;;;;;;/h7-14H2,1-6H3,(H2,16,17,18);4-8H2,1-3H3;4-9H2,1-3H3;6*1H4. The van der Waals surface area contributed by atoms with Crippen molar-refractivity contribution >= 4 is 45.9 Å². The molecular formula is C38H100N4O8Si4. The molecule has 2 amide bonds. The molecule has 0 aliphatic rings. The molecule has 0 fully saturated rings. The van der Waals surface area contributed by atoms with E-state index in [2.05, 4.69) is 48.4 Å². The van der Waals surface area contributed by atoms with Gasteiger partial charge in [0.15, 0.2) is 16.6 Å². The van der Waals surface area contributed by atoms with Crippen LogP contribution in [0.2, 0.25) is 63.5 Å². The van der Waals surface area contributed by atoms with Gasteiger partial charge in [0.1, 0.15) is 0 Å². The molecule has 16 heteroatoms. The molecule has 0 aromatic carbocycles. The Balaban J connectivity index is -0.0000000799. The Hall–Kier alpha value is -0.762. The first kappa shape index (κ1) is 74.2. The molecule has 0 bridgehead atoms. The summed E-state index contributed by atoms with van der Waals surface area (Å²) < 4.78 is 34.1. The van der Waals surface area contributed by atoms with Gasteiger partial charge in [-0.15, -0.1) is 0 Å². The van der Waals surface area contributed by atoms with E-state index in [9.17, 15) is 9.59 Å². The van der Waals surface area contributed by atoms with Crippen molar-refractivity contribution < 1.29 is 36.1 Å². The van der Waals surface area contributed by atoms with Crippen molar-refractivity contribution in [3.63, 3.8) is 0 Å². The molecular weight excluding hydrogens is 753 g/mol. The Morgan fingerprint density at radius 1 is 0.537 bits per heavy atom. The smallest absolute Gasteiger partial charge is 0.334 e. The first-order chi connectivity index (χ1) is 22.6. The topological polar surface area (TPSA) is 152 Å². The maximum Gasteiger partial charge on any atom is 0.334 e. The van der Waals surface area contributed by atoms with Gasteiger partial charge in [0, 0.05) is 52.7 Å². The van der Waals surface area contributed by atoms with Gasteiger partial charge in [-0.05, 0) is 137 Å². The fourth-order valence-electron chi connectivity index (χ4n) is 4.96. The van der Waals surface area contributed by atoms with Gasteiger partial charge in [0.25, 0.3) is 0 Å². The highest BCUT2D eigenvalue weighted by molar-refractivity contribution is 6.71. The molecule has 0 atom stereocenters. The molecule has 0 heterocycles. The van der Waals surface area contributed by atoms with Crippen molar-refractivity contribution in [1.82, 2.24) is 10.6 Å². The summed E-state index contributed by atoms with van der Waals surface area (Å²) in [6.45, 7) is 32.2. The summed E-state index contributed by atoms with van der Waals surface area (Å²) in [5, 5.41) is 5.83. The monoisotopic (exact) mass is 853 g/mol. The second-order valence-corrected chi connectivity index (χ2v) is 28.0. The number of hydrogen-bond donors (Lipinski definition) is 3. The molecule has 0 radical (unpaired) electrons. The highest BCUT2D eigenvalue weighted by atomic mass is 28.4. The number of hydrogen-bond acceptors (Lipinski definition) is 10. The summed E-state index contributed by atoms with van der Waals surface area (Å²) in [6, 6.07) is 3.97. The van der Waals surface area contributed by atoms with E-state index in [-0.39, 0.29) is 50.6 Å². The molecule has 0 rings (SSSR count). The van der Waals surface area contributed by atoms with Crippen LogP contribution in [0.15, 0.2) is 4.99 Å². The molecule has 0 aromatic heterocycles. The lowest BCUT2D eigenvalue weighted by Gasteiger charge is -2.25. The maximum atomic E-state index is 11.7. The van der Waals surface area contributed by atoms with E-state index in [1.54, 1.807) is 0 Å². The van der Waals surface area contributed by atoms with E-state index in [0.29, 0.717) is 32.8 Å². The Kier molecular flexibility index (Phi) is 64.1. The van der Waals surface area contributed by atoms with Crippen LogP contribution in [0.3, 0.4) is 0 Å². The van der Waals surface area contributed by atoms with Crippen LogP contribution in [-0.4, -0.2) is 112 Å². The van der Waals surface area contributed by atoms with Crippen LogP contribution in [0.1, 0.15) is 112 Å². The van der Waals surface area contributed by atoms with Crippen molar-refractivity contribution in [3.8, 4) is 0 Å². The average Bonchev–Trinajstić information content (AvgIpc) is 3.00. The van der Waals surface area contributed by atoms with Crippen LogP contribution >= 0.6 is 0 Å². The molecule has 0 aliphatic heterocycles. The van der Waals surface area contributed by atoms with Crippen molar-refractivity contribution in [2.75, 3.05) is 65.8 Å². The quantitative estimate of drug-likeness (QED) is 0.0317. The molecule has 0 unspecified atom stereocenters. The highest BCUT2D eigenvalue weighted by Gasteiger charge is 2.30. The number of carbonyl (C=O) groups excluding carboxylic acids is 2. The molecule has 0 spiro atoms. The van der Waals surface area contributed by atoms with Crippen molar-refractivity contribution in [2.24, 2.45) is 10.7 Å². The third kappa shape index (κ3) is 49.3. The third-order valence-electron chi connectivity index (χ3n) is 7.15. The van der Waals surface area contributed by atoms with Gasteiger partial charge in [-0.1, -0.05) is 44.6 Å². The Labute approximate surface area is 343 Å². The van der Waals surface area contributed by atoms with Crippen LogP contribution in [-0.2, 0) is 31.4 Å². The summed E-state index contributed by atoms with van der Waals surface area (Å²) in [5.41, 5.74) is 5.44. The minimum atomic E-state index is -1.99. The number of nitrogens with zero attached hydrogens (tertiary/aromatic N) is 1.